The van der Waals surface area contributed by atoms with Crippen molar-refractivity contribution in [2.45, 2.75) is 24.7 Å². The molecule has 0 radical (unpaired) electrons. The van der Waals surface area contributed by atoms with Crippen molar-refractivity contribution in [1.29, 1.82) is 0 Å². The van der Waals surface area contributed by atoms with E-state index in [9.17, 15) is 14.4 Å². The number of para-hydroxylation sites is 3. The molecule has 0 aromatic heterocycles. The molecule has 0 saturated heterocycles. The number of amides is 1. The minimum absolute atomic E-state index is 0.0166. The van der Waals surface area contributed by atoms with Gasteiger partial charge < -0.3 is 10.1 Å². The topological polar surface area (TPSA) is 75.7 Å². The van der Waals surface area contributed by atoms with E-state index < -0.39 is 0 Å². The fourth-order valence-electron chi connectivity index (χ4n) is 4.74. The van der Waals surface area contributed by atoms with Crippen molar-refractivity contribution in [1.82, 2.24) is 0 Å². The van der Waals surface area contributed by atoms with Crippen molar-refractivity contribution >= 4 is 46.5 Å². The molecule has 0 bridgehead atoms. The first-order chi connectivity index (χ1) is 20.5. The zero-order chi connectivity index (χ0) is 29.3. The van der Waals surface area contributed by atoms with Crippen LogP contribution in [0.15, 0.2) is 102 Å². The zero-order valence-corrected chi connectivity index (χ0v) is 24.1. The number of nitrogens with zero attached hydrogens (tertiary/aromatic N) is 1. The second-order valence-electron chi connectivity index (χ2n) is 9.55. The Morgan fingerprint density at radius 1 is 0.929 bits per heavy atom. The predicted octanol–water partition coefficient (Wildman–Crippen LogP) is 6.65. The van der Waals surface area contributed by atoms with Gasteiger partial charge in [-0.25, -0.2) is 0 Å². The van der Waals surface area contributed by atoms with Crippen LogP contribution in [0.1, 0.15) is 40.4 Å². The maximum absolute atomic E-state index is 13.4. The molecule has 1 heterocycles. The van der Waals surface area contributed by atoms with E-state index in [2.05, 4.69) is 17.2 Å². The zero-order valence-electron chi connectivity index (χ0n) is 23.3. The molecule has 1 aliphatic heterocycles. The van der Waals surface area contributed by atoms with E-state index in [-0.39, 0.29) is 30.6 Å². The maximum atomic E-state index is 13.4. The summed E-state index contributed by atoms with van der Waals surface area (Å²) in [4.78, 5) is 41.1. The maximum Gasteiger partial charge on any atom is 0.306 e. The number of ether oxygens (including phenoxy) is 1. The second-order valence-corrected chi connectivity index (χ2v) is 10.6. The lowest BCUT2D eigenvalue weighted by atomic mass is 9.99. The smallest absolute Gasteiger partial charge is 0.306 e. The fourth-order valence-corrected chi connectivity index (χ4v) is 5.68. The molecule has 6 nitrogen and oxygen atoms in total. The molecule has 5 rings (SSSR count). The average molecular weight is 575 g/mol. The molecule has 0 spiro atoms. The SMILES string of the molecule is CCOC(=O)CCc1cccc(C#CCN2C(=O)CSc3ccccc32)c1Nc1ccccc1C(=O)c1ccccc1. The number of aryl methyl sites for hydroxylation is 1. The van der Waals surface area contributed by atoms with Crippen LogP contribution in [0.4, 0.5) is 17.1 Å². The number of benzene rings is 4. The number of carbonyl (C=O) groups excluding carboxylic acids is 3. The number of rotatable bonds is 9. The van der Waals surface area contributed by atoms with E-state index in [4.69, 9.17) is 4.74 Å². The van der Waals surface area contributed by atoms with Gasteiger partial charge in [-0.1, -0.05) is 78.6 Å². The van der Waals surface area contributed by atoms with Gasteiger partial charge in [0.25, 0.3) is 0 Å². The molecule has 1 amide bonds. The Hall–Kier alpha value is -4.80. The molecular weight excluding hydrogens is 544 g/mol. The van der Waals surface area contributed by atoms with Crippen LogP contribution in [0.25, 0.3) is 0 Å². The Kier molecular flexibility index (Phi) is 9.37. The van der Waals surface area contributed by atoms with Gasteiger partial charge >= 0.3 is 5.97 Å². The van der Waals surface area contributed by atoms with Gasteiger partial charge in [0.05, 0.1) is 30.3 Å². The summed E-state index contributed by atoms with van der Waals surface area (Å²) in [6.07, 6.45) is 0.640. The number of esters is 1. The lowest BCUT2D eigenvalue weighted by molar-refractivity contribution is -0.143. The van der Waals surface area contributed by atoms with Crippen molar-refractivity contribution in [3.8, 4) is 11.8 Å². The first-order valence-corrected chi connectivity index (χ1v) is 14.8. The Morgan fingerprint density at radius 2 is 1.69 bits per heavy atom. The molecule has 42 heavy (non-hydrogen) atoms. The molecule has 0 saturated carbocycles. The highest BCUT2D eigenvalue weighted by molar-refractivity contribution is 8.00. The van der Waals surface area contributed by atoms with E-state index >= 15 is 0 Å². The minimum Gasteiger partial charge on any atom is -0.466 e. The molecule has 210 valence electrons. The van der Waals surface area contributed by atoms with E-state index in [0.29, 0.717) is 46.8 Å². The van der Waals surface area contributed by atoms with Crippen LogP contribution in [-0.2, 0) is 20.7 Å². The summed E-state index contributed by atoms with van der Waals surface area (Å²) in [5.74, 6) is 6.46. The highest BCUT2D eigenvalue weighted by Crippen LogP contribution is 2.35. The summed E-state index contributed by atoms with van der Waals surface area (Å²) in [6, 6.07) is 30.1. The normalized spacial score (nSPS) is 12.1. The van der Waals surface area contributed by atoms with Crippen molar-refractivity contribution < 1.29 is 19.1 Å². The van der Waals surface area contributed by atoms with Crippen molar-refractivity contribution in [2.24, 2.45) is 0 Å². The number of carbonyl (C=O) groups is 3. The molecule has 1 N–H and O–H groups in total. The van der Waals surface area contributed by atoms with Crippen LogP contribution in [0.5, 0.6) is 0 Å². The van der Waals surface area contributed by atoms with Gasteiger partial charge in [-0.15, -0.1) is 11.8 Å². The Bertz CT molecular complexity index is 1670. The van der Waals surface area contributed by atoms with Crippen LogP contribution in [0, 0.1) is 11.8 Å². The molecule has 0 unspecified atom stereocenters. The fraction of sp³-hybridized carbons (Fsp3) is 0.171. The van der Waals surface area contributed by atoms with Gasteiger partial charge in [-0.3, -0.25) is 19.3 Å². The second kappa shape index (κ2) is 13.7. The van der Waals surface area contributed by atoms with E-state index in [0.717, 1.165) is 16.1 Å². The van der Waals surface area contributed by atoms with Crippen LogP contribution in [0.3, 0.4) is 0 Å². The van der Waals surface area contributed by atoms with Gasteiger partial charge in [0.2, 0.25) is 5.91 Å². The molecule has 7 heteroatoms. The van der Waals surface area contributed by atoms with E-state index in [1.165, 1.54) is 11.8 Å². The molecule has 4 aromatic rings. The first-order valence-electron chi connectivity index (χ1n) is 13.8. The molecular formula is C35H30N2O4S. The van der Waals surface area contributed by atoms with Crippen LogP contribution in [0.2, 0.25) is 0 Å². The standard InChI is InChI=1S/C35H30N2O4S/c1-2-41-33(39)22-21-26-15-10-14-25(16-11-23-37-30-19-8-9-20-31(30)42-24-32(37)38)34(26)36-29-18-7-6-17-28(29)35(40)27-12-4-3-5-13-27/h3-10,12-15,17-20,36H,2,21-24H2,1H3. The quantitative estimate of drug-likeness (QED) is 0.137. The van der Waals surface area contributed by atoms with Gasteiger partial charge in [0.15, 0.2) is 5.78 Å². The number of hydrogen-bond acceptors (Lipinski definition) is 6. The summed E-state index contributed by atoms with van der Waals surface area (Å²) >= 11 is 1.53. The Balaban J connectivity index is 1.48. The molecule has 1 aliphatic rings. The number of hydrogen-bond donors (Lipinski definition) is 1. The van der Waals surface area contributed by atoms with Gasteiger partial charge in [0, 0.05) is 33.7 Å². The summed E-state index contributed by atoms with van der Waals surface area (Å²) in [5, 5.41) is 3.47. The lowest BCUT2D eigenvalue weighted by Gasteiger charge is -2.27. The number of anilines is 3. The van der Waals surface area contributed by atoms with E-state index in [1.54, 1.807) is 30.0 Å². The predicted molar refractivity (Wildman–Crippen MR) is 167 cm³/mol. The Morgan fingerprint density at radius 3 is 2.52 bits per heavy atom. The van der Waals surface area contributed by atoms with Crippen molar-refractivity contribution in [3.05, 3.63) is 119 Å². The highest BCUT2D eigenvalue weighted by Gasteiger charge is 2.23. The van der Waals surface area contributed by atoms with Gasteiger partial charge in [0.1, 0.15) is 0 Å². The monoisotopic (exact) mass is 574 g/mol. The van der Waals surface area contributed by atoms with Crippen LogP contribution >= 0.6 is 11.8 Å². The highest BCUT2D eigenvalue weighted by atomic mass is 32.2. The van der Waals surface area contributed by atoms with Crippen LogP contribution in [-0.4, -0.2) is 36.6 Å². The Labute approximate surface area is 250 Å². The number of nitrogens with one attached hydrogen (secondary N) is 1. The number of fused-ring (bicyclic) bond motifs is 1. The lowest BCUT2D eigenvalue weighted by Crippen LogP contribution is -2.35. The molecule has 0 atom stereocenters. The summed E-state index contributed by atoms with van der Waals surface area (Å²) in [5.41, 5.74) is 4.89. The van der Waals surface area contributed by atoms with E-state index in [1.807, 2.05) is 78.9 Å². The average Bonchev–Trinajstić information content (AvgIpc) is 3.02. The third kappa shape index (κ3) is 6.73. The summed E-state index contributed by atoms with van der Waals surface area (Å²) in [7, 11) is 0. The molecule has 0 aliphatic carbocycles. The van der Waals surface area contributed by atoms with Gasteiger partial charge in [-0.05, 0) is 49.2 Å². The third-order valence-electron chi connectivity index (χ3n) is 6.79. The minimum atomic E-state index is -0.278. The summed E-state index contributed by atoms with van der Waals surface area (Å²) in [6.45, 7) is 2.35. The third-order valence-corrected chi connectivity index (χ3v) is 7.84. The largest absolute Gasteiger partial charge is 0.466 e. The van der Waals surface area contributed by atoms with Gasteiger partial charge in [-0.2, -0.15) is 0 Å². The molecule has 0 fully saturated rings. The number of thioether (sulfide) groups is 1. The first kappa shape index (κ1) is 28.7. The van der Waals surface area contributed by atoms with Crippen molar-refractivity contribution in [3.63, 3.8) is 0 Å². The molecule has 4 aromatic carbocycles. The summed E-state index contributed by atoms with van der Waals surface area (Å²) < 4.78 is 5.15. The number of ketones is 1. The van der Waals surface area contributed by atoms with Crippen LogP contribution < -0.4 is 10.2 Å². The van der Waals surface area contributed by atoms with Crippen molar-refractivity contribution in [2.75, 3.05) is 29.1 Å².